The molecule has 0 saturated carbocycles. The Morgan fingerprint density at radius 3 is 2.04 bits per heavy atom. The van der Waals surface area contributed by atoms with E-state index in [1.165, 1.54) is 0 Å². The quantitative estimate of drug-likeness (QED) is 0.744. The fourth-order valence-corrected chi connectivity index (χ4v) is 4.90. The molecule has 3 aromatic rings. The molecule has 0 amide bonds. The summed E-state index contributed by atoms with van der Waals surface area (Å²) in [6.45, 7) is 11.4. The molecule has 0 atom stereocenters. The Morgan fingerprint density at radius 1 is 0.889 bits per heavy atom. The molecule has 1 N–H and O–H groups in total. The van der Waals surface area contributed by atoms with Crippen LogP contribution in [0.4, 0.5) is 5.69 Å². The number of aromatic nitrogens is 4. The number of sulfonamides is 1. The van der Waals surface area contributed by atoms with Gasteiger partial charge in [-0.2, -0.15) is 4.68 Å². The van der Waals surface area contributed by atoms with E-state index in [0.717, 1.165) is 27.8 Å². The maximum Gasteiger partial charge on any atom is 0.262 e. The van der Waals surface area contributed by atoms with Crippen LogP contribution >= 0.6 is 0 Å². The zero-order valence-corrected chi connectivity index (χ0v) is 17.1. The normalized spacial score (nSPS) is 11.6. The van der Waals surface area contributed by atoms with Crippen molar-refractivity contribution in [2.45, 2.75) is 46.4 Å². The molecular weight excluding hydrogens is 362 g/mol. The van der Waals surface area contributed by atoms with Gasteiger partial charge >= 0.3 is 0 Å². The molecule has 0 bridgehead atoms. The van der Waals surface area contributed by atoms with Crippen LogP contribution in [0.2, 0.25) is 0 Å². The number of nitrogens with one attached hydrogen (secondary N) is 1. The van der Waals surface area contributed by atoms with E-state index in [2.05, 4.69) is 20.2 Å². The molecule has 0 fully saturated rings. The summed E-state index contributed by atoms with van der Waals surface area (Å²) in [6.07, 6.45) is 0. The summed E-state index contributed by atoms with van der Waals surface area (Å²) in [4.78, 5) is 0.340. The lowest BCUT2D eigenvalue weighted by Gasteiger charge is -2.19. The van der Waals surface area contributed by atoms with Crippen molar-refractivity contribution in [2.24, 2.45) is 0 Å². The number of tetrazole rings is 1. The molecular formula is C19H23N5O2S. The van der Waals surface area contributed by atoms with E-state index < -0.39 is 10.0 Å². The van der Waals surface area contributed by atoms with Gasteiger partial charge in [0.05, 0.1) is 16.3 Å². The summed E-state index contributed by atoms with van der Waals surface area (Å²) < 4.78 is 30.6. The Bertz CT molecular complexity index is 1100. The zero-order valence-electron chi connectivity index (χ0n) is 16.3. The van der Waals surface area contributed by atoms with Crippen LogP contribution < -0.4 is 4.72 Å². The minimum atomic E-state index is -3.74. The third-order valence-electron chi connectivity index (χ3n) is 5.17. The molecule has 0 spiro atoms. The maximum absolute atomic E-state index is 13.2. The second kappa shape index (κ2) is 6.77. The number of aryl methyl sites for hydroxylation is 1. The summed E-state index contributed by atoms with van der Waals surface area (Å²) in [5, 5.41) is 11.4. The van der Waals surface area contributed by atoms with Gasteiger partial charge in [-0.25, -0.2) is 8.42 Å². The van der Waals surface area contributed by atoms with Gasteiger partial charge in [-0.15, -0.1) is 5.10 Å². The van der Waals surface area contributed by atoms with Crippen LogP contribution in [0.1, 0.15) is 33.6 Å². The average Bonchev–Trinajstić information content (AvgIpc) is 3.04. The zero-order chi connectivity index (χ0) is 19.9. The van der Waals surface area contributed by atoms with Gasteiger partial charge in [0.2, 0.25) is 0 Å². The Kier molecular flexibility index (Phi) is 4.77. The first-order chi connectivity index (χ1) is 12.6. The molecule has 0 saturated heterocycles. The summed E-state index contributed by atoms with van der Waals surface area (Å²) in [6, 6.07) is 7.00. The number of nitrogens with zero attached hydrogens (tertiary/aromatic N) is 4. The highest BCUT2D eigenvalue weighted by molar-refractivity contribution is 7.92. The average molecular weight is 385 g/mol. The number of benzene rings is 2. The van der Waals surface area contributed by atoms with E-state index >= 15 is 0 Å². The van der Waals surface area contributed by atoms with Crippen molar-refractivity contribution in [1.29, 1.82) is 0 Å². The summed E-state index contributed by atoms with van der Waals surface area (Å²) in [7, 11) is -3.74. The lowest BCUT2D eigenvalue weighted by Crippen LogP contribution is -2.18. The second-order valence-electron chi connectivity index (χ2n) is 6.75. The van der Waals surface area contributed by atoms with Gasteiger partial charge < -0.3 is 0 Å². The van der Waals surface area contributed by atoms with Crippen molar-refractivity contribution < 1.29 is 8.42 Å². The molecule has 27 heavy (non-hydrogen) atoms. The molecule has 0 aliphatic rings. The minimum absolute atomic E-state index is 0.340. The highest BCUT2D eigenvalue weighted by atomic mass is 32.2. The van der Waals surface area contributed by atoms with Crippen molar-refractivity contribution in [3.8, 4) is 5.69 Å². The van der Waals surface area contributed by atoms with E-state index in [1.807, 2.05) is 40.7 Å². The Labute approximate surface area is 159 Å². The number of anilines is 1. The number of rotatable bonds is 4. The summed E-state index contributed by atoms with van der Waals surface area (Å²) in [5.41, 5.74) is 5.80. The van der Waals surface area contributed by atoms with E-state index in [9.17, 15) is 8.42 Å². The van der Waals surface area contributed by atoms with E-state index in [1.54, 1.807) is 29.8 Å². The molecule has 142 valence electrons. The lowest BCUT2D eigenvalue weighted by atomic mass is 9.95. The summed E-state index contributed by atoms with van der Waals surface area (Å²) in [5.74, 6) is 0.617. The van der Waals surface area contributed by atoms with Crippen molar-refractivity contribution >= 4 is 15.7 Å². The topological polar surface area (TPSA) is 89.8 Å². The first-order valence-electron chi connectivity index (χ1n) is 8.58. The van der Waals surface area contributed by atoms with Gasteiger partial charge in [0.1, 0.15) is 0 Å². The van der Waals surface area contributed by atoms with Crippen LogP contribution in [0, 0.1) is 41.5 Å². The van der Waals surface area contributed by atoms with E-state index in [0.29, 0.717) is 22.1 Å². The highest BCUT2D eigenvalue weighted by Gasteiger charge is 2.24. The molecule has 7 nitrogen and oxygen atoms in total. The first kappa shape index (κ1) is 19.0. The third kappa shape index (κ3) is 3.32. The van der Waals surface area contributed by atoms with Gasteiger partial charge in [-0.1, -0.05) is 6.07 Å². The predicted octanol–water partition coefficient (Wildman–Crippen LogP) is 3.31. The number of hydrogen-bond donors (Lipinski definition) is 1. The van der Waals surface area contributed by atoms with E-state index in [4.69, 9.17) is 0 Å². The molecule has 8 heteroatoms. The molecule has 1 aromatic heterocycles. The fourth-order valence-electron chi connectivity index (χ4n) is 3.25. The molecule has 0 aliphatic heterocycles. The SMILES string of the molecule is Cc1c(C)c(C)c(S(=O)(=O)Nc2cccc(-n3nnnc3C)c2)c(C)c1C. The van der Waals surface area contributed by atoms with Gasteiger partial charge in [0, 0.05) is 0 Å². The fraction of sp³-hybridized carbons (Fsp3) is 0.316. The lowest BCUT2D eigenvalue weighted by molar-refractivity contribution is 0.599. The standard InChI is InChI=1S/C19H23N5O2S/c1-11-12(2)14(4)19(15(5)13(11)3)27(25,26)21-17-8-7-9-18(10-17)24-16(6)20-22-23-24/h7-10,21H,1-6H3. The number of hydrogen-bond acceptors (Lipinski definition) is 5. The maximum atomic E-state index is 13.2. The first-order valence-corrected chi connectivity index (χ1v) is 10.1. The third-order valence-corrected chi connectivity index (χ3v) is 6.82. The molecule has 0 radical (unpaired) electrons. The van der Waals surface area contributed by atoms with Gasteiger partial charge in [0.25, 0.3) is 10.0 Å². The molecule has 0 aliphatic carbocycles. The van der Waals surface area contributed by atoms with Crippen LogP contribution in [-0.2, 0) is 10.0 Å². The van der Waals surface area contributed by atoms with Crippen molar-refractivity contribution in [3.63, 3.8) is 0 Å². The molecule has 1 heterocycles. The van der Waals surface area contributed by atoms with Crippen LogP contribution in [0.25, 0.3) is 5.69 Å². The van der Waals surface area contributed by atoms with Gasteiger partial charge in [-0.3, -0.25) is 4.72 Å². The summed E-state index contributed by atoms with van der Waals surface area (Å²) >= 11 is 0. The highest BCUT2D eigenvalue weighted by Crippen LogP contribution is 2.31. The Morgan fingerprint density at radius 2 is 1.48 bits per heavy atom. The smallest absolute Gasteiger partial charge is 0.262 e. The van der Waals surface area contributed by atoms with Crippen LogP contribution in [-0.4, -0.2) is 28.6 Å². The monoisotopic (exact) mass is 385 g/mol. The van der Waals surface area contributed by atoms with Crippen molar-refractivity contribution in [3.05, 3.63) is 57.9 Å². The van der Waals surface area contributed by atoms with Crippen LogP contribution in [0.3, 0.4) is 0 Å². The van der Waals surface area contributed by atoms with Gasteiger partial charge in [-0.05, 0) is 98.0 Å². The van der Waals surface area contributed by atoms with Crippen molar-refractivity contribution in [1.82, 2.24) is 20.2 Å². The Balaban J connectivity index is 2.06. The molecule has 2 aromatic carbocycles. The van der Waals surface area contributed by atoms with Gasteiger partial charge in [0.15, 0.2) is 5.82 Å². The molecule has 0 unspecified atom stereocenters. The van der Waals surface area contributed by atoms with E-state index in [-0.39, 0.29) is 0 Å². The van der Waals surface area contributed by atoms with Crippen LogP contribution in [0.15, 0.2) is 29.2 Å². The second-order valence-corrected chi connectivity index (χ2v) is 8.37. The minimum Gasteiger partial charge on any atom is -0.280 e. The predicted molar refractivity (Wildman–Crippen MR) is 105 cm³/mol. The van der Waals surface area contributed by atoms with Crippen LogP contribution in [0.5, 0.6) is 0 Å². The molecule has 3 rings (SSSR count). The largest absolute Gasteiger partial charge is 0.280 e. The van der Waals surface area contributed by atoms with Crippen molar-refractivity contribution in [2.75, 3.05) is 4.72 Å². The Hall–Kier alpha value is -2.74.